The zero-order valence-electron chi connectivity index (χ0n) is 19.2. The molecule has 0 aliphatic heterocycles. The van der Waals surface area contributed by atoms with E-state index >= 15 is 0 Å². The summed E-state index contributed by atoms with van der Waals surface area (Å²) in [5.74, 6) is 1.13. The Hall–Kier alpha value is -3.20. The van der Waals surface area contributed by atoms with Crippen LogP contribution in [-0.4, -0.2) is 31.8 Å². The third-order valence-corrected chi connectivity index (χ3v) is 5.27. The molecule has 0 saturated heterocycles. The lowest BCUT2D eigenvalue weighted by Crippen LogP contribution is -2.50. The van der Waals surface area contributed by atoms with Crippen LogP contribution in [0.1, 0.15) is 30.9 Å². The van der Waals surface area contributed by atoms with Gasteiger partial charge in [0.2, 0.25) is 5.88 Å². The molecule has 0 spiro atoms. The Bertz CT molecular complexity index is 1120. The fourth-order valence-corrected chi connectivity index (χ4v) is 3.62. The summed E-state index contributed by atoms with van der Waals surface area (Å²) >= 11 is 0. The van der Waals surface area contributed by atoms with Crippen molar-refractivity contribution in [1.29, 1.82) is 0 Å². The Morgan fingerprint density at radius 2 is 1.88 bits per heavy atom. The normalized spacial score (nSPS) is 12.5. The van der Waals surface area contributed by atoms with E-state index in [-0.39, 0.29) is 17.5 Å². The molecule has 0 saturated carbocycles. The van der Waals surface area contributed by atoms with Gasteiger partial charge in [0, 0.05) is 18.2 Å². The summed E-state index contributed by atoms with van der Waals surface area (Å²) in [6, 6.07) is 8.38. The van der Waals surface area contributed by atoms with Crippen LogP contribution in [-0.2, 0) is 6.18 Å². The van der Waals surface area contributed by atoms with E-state index < -0.39 is 11.7 Å². The molecule has 9 heteroatoms. The highest BCUT2D eigenvalue weighted by molar-refractivity contribution is 6.00. The molecular formula is C24H29F3N3O3+. The largest absolute Gasteiger partial charge is 0.493 e. The smallest absolute Gasteiger partial charge is 0.416 e. The van der Waals surface area contributed by atoms with E-state index in [1.165, 1.54) is 26.4 Å². The first kappa shape index (κ1) is 24.4. The molecule has 3 rings (SSSR count). The van der Waals surface area contributed by atoms with Crippen molar-refractivity contribution in [2.45, 2.75) is 38.9 Å². The van der Waals surface area contributed by atoms with E-state index in [4.69, 9.17) is 14.2 Å². The number of benzene rings is 2. The number of hydrogen-bond donors (Lipinski definition) is 2. The number of aromatic nitrogens is 1. The third kappa shape index (κ3) is 5.60. The SMILES string of the molecule is COc1cc(C)c2c(Oc3cccc(C(F)(F)F)c3)c(OC)cc(NC(C)CCC[NH3+])c2n1. The fourth-order valence-electron chi connectivity index (χ4n) is 3.62. The molecule has 0 aliphatic carbocycles. The van der Waals surface area contributed by atoms with Crippen LogP contribution in [0.4, 0.5) is 18.9 Å². The Balaban J connectivity index is 2.16. The molecule has 3 aromatic rings. The molecule has 178 valence electrons. The highest BCUT2D eigenvalue weighted by Crippen LogP contribution is 2.45. The van der Waals surface area contributed by atoms with E-state index in [2.05, 4.69) is 23.0 Å². The number of nitrogens with one attached hydrogen (secondary N) is 1. The monoisotopic (exact) mass is 464 g/mol. The highest BCUT2D eigenvalue weighted by Gasteiger charge is 2.31. The van der Waals surface area contributed by atoms with Crippen molar-refractivity contribution in [3.8, 4) is 23.1 Å². The number of methoxy groups -OCH3 is 2. The number of pyridine rings is 1. The van der Waals surface area contributed by atoms with Gasteiger partial charge in [-0.15, -0.1) is 0 Å². The quantitative estimate of drug-likeness (QED) is 0.455. The molecule has 2 aromatic carbocycles. The molecule has 1 heterocycles. The fraction of sp³-hybridized carbons (Fsp3) is 0.375. The molecule has 6 nitrogen and oxygen atoms in total. The van der Waals surface area contributed by atoms with E-state index in [0.29, 0.717) is 22.5 Å². The number of fused-ring (bicyclic) bond motifs is 1. The third-order valence-electron chi connectivity index (χ3n) is 5.27. The van der Waals surface area contributed by atoms with Gasteiger partial charge in [0.25, 0.3) is 0 Å². The molecular weight excluding hydrogens is 435 g/mol. The van der Waals surface area contributed by atoms with Crippen molar-refractivity contribution in [1.82, 2.24) is 4.98 Å². The number of alkyl halides is 3. The second kappa shape index (κ2) is 10.2. The number of ether oxygens (including phenoxy) is 3. The minimum Gasteiger partial charge on any atom is -0.493 e. The standard InChI is InChI=1S/C24H28F3N3O3/c1-14-11-20(32-4)30-22-18(29-15(2)7-6-10-28)13-19(31-3)23(21(14)22)33-17-9-5-8-16(12-17)24(25,26)27/h5,8-9,11-13,15,29H,6-7,10,28H2,1-4H3/p+1. The summed E-state index contributed by atoms with van der Waals surface area (Å²) in [6.07, 6.45) is -2.59. The van der Waals surface area contributed by atoms with Gasteiger partial charge >= 0.3 is 6.18 Å². The van der Waals surface area contributed by atoms with E-state index in [1.54, 1.807) is 12.1 Å². The predicted molar refractivity (Wildman–Crippen MR) is 121 cm³/mol. The van der Waals surface area contributed by atoms with Gasteiger partial charge in [0.05, 0.1) is 37.4 Å². The molecule has 0 amide bonds. The second-order valence-corrected chi connectivity index (χ2v) is 7.83. The number of aryl methyl sites for hydroxylation is 1. The molecule has 0 aliphatic rings. The van der Waals surface area contributed by atoms with Crippen LogP contribution >= 0.6 is 0 Å². The predicted octanol–water partition coefficient (Wildman–Crippen LogP) is 5.19. The first-order chi connectivity index (χ1) is 15.7. The summed E-state index contributed by atoms with van der Waals surface area (Å²) in [6.45, 7) is 4.76. The van der Waals surface area contributed by atoms with Crippen molar-refractivity contribution in [2.75, 3.05) is 26.1 Å². The van der Waals surface area contributed by atoms with Crippen LogP contribution in [0.3, 0.4) is 0 Å². The van der Waals surface area contributed by atoms with Crippen molar-refractivity contribution in [3.63, 3.8) is 0 Å². The lowest BCUT2D eigenvalue weighted by Gasteiger charge is -2.21. The van der Waals surface area contributed by atoms with Gasteiger partial charge in [-0.3, -0.25) is 0 Å². The number of halogens is 3. The average Bonchev–Trinajstić information content (AvgIpc) is 2.78. The van der Waals surface area contributed by atoms with Gasteiger partial charge in [-0.05, 0) is 50.5 Å². The lowest BCUT2D eigenvalue weighted by atomic mass is 10.1. The summed E-state index contributed by atoms with van der Waals surface area (Å²) < 4.78 is 56.5. The van der Waals surface area contributed by atoms with E-state index in [0.717, 1.165) is 42.8 Å². The van der Waals surface area contributed by atoms with Crippen molar-refractivity contribution in [2.24, 2.45) is 0 Å². The molecule has 0 radical (unpaired) electrons. The van der Waals surface area contributed by atoms with Crippen LogP contribution in [0.2, 0.25) is 0 Å². The van der Waals surface area contributed by atoms with Crippen molar-refractivity contribution < 1.29 is 33.1 Å². The summed E-state index contributed by atoms with van der Waals surface area (Å²) in [5.41, 5.74) is 5.17. The molecule has 0 bridgehead atoms. The zero-order valence-corrected chi connectivity index (χ0v) is 19.2. The second-order valence-electron chi connectivity index (χ2n) is 7.83. The summed E-state index contributed by atoms with van der Waals surface area (Å²) in [5, 5.41) is 4.09. The van der Waals surface area contributed by atoms with Gasteiger partial charge in [0.1, 0.15) is 11.3 Å². The molecule has 4 N–H and O–H groups in total. The van der Waals surface area contributed by atoms with Crippen molar-refractivity contribution in [3.05, 3.63) is 47.5 Å². The molecule has 1 unspecified atom stereocenters. The molecule has 1 atom stereocenters. The van der Waals surface area contributed by atoms with Crippen LogP contribution in [0, 0.1) is 6.92 Å². The van der Waals surface area contributed by atoms with E-state index in [9.17, 15) is 13.2 Å². The number of quaternary nitrogens is 1. The van der Waals surface area contributed by atoms with Gasteiger partial charge in [-0.2, -0.15) is 13.2 Å². The maximum Gasteiger partial charge on any atom is 0.416 e. The molecule has 0 fully saturated rings. The topological polar surface area (TPSA) is 80.2 Å². The van der Waals surface area contributed by atoms with Gasteiger partial charge < -0.3 is 25.3 Å². The summed E-state index contributed by atoms with van der Waals surface area (Å²) in [7, 11) is 3.02. The first-order valence-corrected chi connectivity index (χ1v) is 10.6. The van der Waals surface area contributed by atoms with Gasteiger partial charge in [-0.25, -0.2) is 4.98 Å². The van der Waals surface area contributed by atoms with Crippen LogP contribution in [0.25, 0.3) is 10.9 Å². The number of rotatable bonds is 9. The van der Waals surface area contributed by atoms with Crippen LogP contribution in [0.5, 0.6) is 23.1 Å². The Morgan fingerprint density at radius 3 is 2.52 bits per heavy atom. The van der Waals surface area contributed by atoms with E-state index in [1.807, 2.05) is 6.92 Å². The summed E-state index contributed by atoms with van der Waals surface area (Å²) in [4.78, 5) is 4.61. The maximum absolute atomic E-state index is 13.2. The molecule has 1 aromatic heterocycles. The minimum atomic E-state index is -4.48. The number of hydrogen-bond acceptors (Lipinski definition) is 5. The van der Waals surface area contributed by atoms with Crippen LogP contribution in [0.15, 0.2) is 36.4 Å². The molecule has 33 heavy (non-hydrogen) atoms. The number of anilines is 1. The number of nitrogens with zero attached hydrogens (tertiary/aromatic N) is 1. The average molecular weight is 465 g/mol. The lowest BCUT2D eigenvalue weighted by molar-refractivity contribution is -0.368. The maximum atomic E-state index is 13.2. The zero-order chi connectivity index (χ0) is 24.2. The van der Waals surface area contributed by atoms with Crippen molar-refractivity contribution >= 4 is 16.6 Å². The highest BCUT2D eigenvalue weighted by atomic mass is 19.4. The minimum absolute atomic E-state index is 0.0455. The van der Waals surface area contributed by atoms with Gasteiger partial charge in [-0.1, -0.05) is 6.07 Å². The Morgan fingerprint density at radius 1 is 1.12 bits per heavy atom. The van der Waals surface area contributed by atoms with Gasteiger partial charge in [0.15, 0.2) is 11.5 Å². The van der Waals surface area contributed by atoms with Crippen LogP contribution < -0.4 is 25.3 Å². The Labute approximate surface area is 190 Å². The Kier molecular flexibility index (Phi) is 7.53. The first-order valence-electron chi connectivity index (χ1n) is 10.6.